The van der Waals surface area contributed by atoms with Crippen LogP contribution >= 0.6 is 0 Å². The van der Waals surface area contributed by atoms with E-state index in [9.17, 15) is 15.3 Å². The van der Waals surface area contributed by atoms with Crippen molar-refractivity contribution in [3.05, 3.63) is 0 Å². The van der Waals surface area contributed by atoms with Gasteiger partial charge >= 0.3 is 0 Å². The highest BCUT2D eigenvalue weighted by molar-refractivity contribution is 5.14. The van der Waals surface area contributed by atoms with Crippen LogP contribution in [0.15, 0.2) is 0 Å². The van der Waals surface area contributed by atoms with Crippen LogP contribution in [0.3, 0.4) is 0 Å². The lowest BCUT2D eigenvalue weighted by Crippen LogP contribution is -2.67. The zero-order valence-corrected chi connectivity index (χ0v) is 19.9. The lowest BCUT2D eigenvalue weighted by molar-refractivity contribution is -0.176. The van der Waals surface area contributed by atoms with E-state index in [4.69, 9.17) is 0 Å². The third kappa shape index (κ3) is 3.00. The Bertz CT molecular complexity index is 711. The fourth-order valence-corrected chi connectivity index (χ4v) is 10.6. The molecule has 0 amide bonds. The fraction of sp³-hybridized carbons (Fsp3) is 1.00. The number of aliphatic hydroxyl groups excluding tert-OH is 2. The molecule has 4 nitrogen and oxygen atoms in total. The van der Waals surface area contributed by atoms with E-state index in [0.717, 1.165) is 50.5 Å². The normalized spacial score (nSPS) is 61.5. The summed E-state index contributed by atoms with van der Waals surface area (Å²) >= 11 is 0. The summed E-state index contributed by atoms with van der Waals surface area (Å²) in [5.41, 5.74) is -0.365. The number of rotatable bonds is 0. The van der Waals surface area contributed by atoms with Gasteiger partial charge in [-0.1, -0.05) is 13.8 Å². The maximum Gasteiger partial charge on any atom is 0.0805 e. The minimum atomic E-state index is -0.553. The third-order valence-electron chi connectivity index (χ3n) is 12.0. The number of nitrogens with zero attached hydrogens (tertiary/aromatic N) is 1. The van der Waals surface area contributed by atoms with Crippen LogP contribution in [-0.2, 0) is 0 Å². The maximum absolute atomic E-state index is 11.8. The molecule has 6 aliphatic rings. The van der Waals surface area contributed by atoms with Crippen molar-refractivity contribution in [3.8, 4) is 0 Å². The van der Waals surface area contributed by atoms with Crippen LogP contribution in [0.25, 0.3) is 0 Å². The molecule has 0 bridgehead atoms. The molecule has 13 atom stereocenters. The first-order valence-electron chi connectivity index (χ1n) is 13.5. The van der Waals surface area contributed by atoms with E-state index in [1.165, 1.54) is 32.2 Å². The Morgan fingerprint density at radius 3 is 2.35 bits per heavy atom. The highest BCUT2D eigenvalue weighted by atomic mass is 16.3. The second-order valence-corrected chi connectivity index (χ2v) is 13.4. The van der Waals surface area contributed by atoms with Gasteiger partial charge in [-0.15, -0.1) is 0 Å². The minimum absolute atomic E-state index is 0.188. The quantitative estimate of drug-likeness (QED) is 0.547. The Kier molecular flexibility index (Phi) is 4.94. The Balaban J connectivity index is 1.30. The second kappa shape index (κ2) is 7.17. The Labute approximate surface area is 188 Å². The maximum atomic E-state index is 11.8. The van der Waals surface area contributed by atoms with Gasteiger partial charge in [-0.05, 0) is 117 Å². The molecule has 6 rings (SSSR count). The van der Waals surface area contributed by atoms with Crippen LogP contribution in [-0.4, -0.2) is 57.2 Å². The van der Waals surface area contributed by atoms with Gasteiger partial charge in [0.1, 0.15) is 0 Å². The topological polar surface area (TPSA) is 63.9 Å². The number of hydrogen-bond donors (Lipinski definition) is 3. The molecule has 0 unspecified atom stereocenters. The summed E-state index contributed by atoms with van der Waals surface area (Å²) in [7, 11) is 0. The number of piperidine rings is 2. The average molecular weight is 432 g/mol. The molecule has 0 spiro atoms. The molecule has 176 valence electrons. The van der Waals surface area contributed by atoms with Crippen molar-refractivity contribution in [2.24, 2.45) is 52.8 Å². The zero-order chi connectivity index (χ0) is 21.7. The van der Waals surface area contributed by atoms with Crippen LogP contribution in [0.2, 0.25) is 0 Å². The van der Waals surface area contributed by atoms with Crippen LogP contribution in [0.1, 0.15) is 78.6 Å². The van der Waals surface area contributed by atoms with E-state index >= 15 is 0 Å². The van der Waals surface area contributed by atoms with Crippen molar-refractivity contribution in [3.63, 3.8) is 0 Å². The molecule has 0 aromatic carbocycles. The van der Waals surface area contributed by atoms with E-state index in [2.05, 4.69) is 25.7 Å². The summed E-state index contributed by atoms with van der Waals surface area (Å²) in [6.07, 6.45) is 9.43. The highest BCUT2D eigenvalue weighted by Crippen LogP contribution is 2.67. The predicted molar refractivity (Wildman–Crippen MR) is 121 cm³/mol. The smallest absolute Gasteiger partial charge is 0.0805 e. The van der Waals surface area contributed by atoms with Gasteiger partial charge in [0.05, 0.1) is 17.8 Å². The van der Waals surface area contributed by atoms with E-state index in [1.54, 1.807) is 0 Å². The van der Waals surface area contributed by atoms with Crippen molar-refractivity contribution >= 4 is 0 Å². The van der Waals surface area contributed by atoms with E-state index < -0.39 is 5.60 Å². The molecule has 4 aliphatic carbocycles. The van der Waals surface area contributed by atoms with Gasteiger partial charge in [0.25, 0.3) is 0 Å². The average Bonchev–Trinajstić information content (AvgIpc) is 3.09. The van der Waals surface area contributed by atoms with E-state index in [0.29, 0.717) is 35.6 Å². The van der Waals surface area contributed by atoms with E-state index in [1.807, 2.05) is 0 Å². The van der Waals surface area contributed by atoms with Crippen LogP contribution in [0.4, 0.5) is 0 Å². The first kappa shape index (κ1) is 21.4. The molecule has 0 aromatic heterocycles. The fourth-order valence-electron chi connectivity index (χ4n) is 10.6. The largest absolute Gasteiger partial charge is 0.393 e. The van der Waals surface area contributed by atoms with Crippen molar-refractivity contribution < 1.29 is 15.3 Å². The lowest BCUT2D eigenvalue weighted by Gasteiger charge is -2.60. The second-order valence-electron chi connectivity index (χ2n) is 13.4. The summed E-state index contributed by atoms with van der Waals surface area (Å²) in [6, 6.07) is 0.355. The van der Waals surface area contributed by atoms with E-state index in [-0.39, 0.29) is 23.5 Å². The molecule has 31 heavy (non-hydrogen) atoms. The highest BCUT2D eigenvalue weighted by Gasteiger charge is 2.64. The van der Waals surface area contributed by atoms with Gasteiger partial charge in [0.2, 0.25) is 0 Å². The third-order valence-corrected chi connectivity index (χ3v) is 12.0. The molecule has 3 N–H and O–H groups in total. The van der Waals surface area contributed by atoms with Crippen LogP contribution < -0.4 is 0 Å². The monoisotopic (exact) mass is 431 g/mol. The Hall–Kier alpha value is -0.160. The number of aliphatic hydroxyl groups is 3. The van der Waals surface area contributed by atoms with Crippen LogP contribution in [0.5, 0.6) is 0 Å². The molecule has 0 aromatic rings. The summed E-state index contributed by atoms with van der Waals surface area (Å²) in [5.74, 6) is 4.89. The van der Waals surface area contributed by atoms with Gasteiger partial charge in [0.15, 0.2) is 0 Å². The molecule has 4 saturated carbocycles. The van der Waals surface area contributed by atoms with Gasteiger partial charge in [-0.3, -0.25) is 4.90 Å². The predicted octanol–water partition coefficient (Wildman–Crippen LogP) is 3.68. The molecular weight excluding hydrogens is 386 g/mol. The Morgan fingerprint density at radius 2 is 1.55 bits per heavy atom. The van der Waals surface area contributed by atoms with Gasteiger partial charge < -0.3 is 15.3 Å². The molecule has 2 saturated heterocycles. The first-order valence-corrected chi connectivity index (χ1v) is 13.5. The van der Waals surface area contributed by atoms with Gasteiger partial charge in [0, 0.05) is 19.1 Å². The minimum Gasteiger partial charge on any atom is -0.393 e. The molecule has 2 heterocycles. The summed E-state index contributed by atoms with van der Waals surface area (Å²) < 4.78 is 0. The summed E-state index contributed by atoms with van der Waals surface area (Å²) in [6.45, 7) is 9.36. The zero-order valence-electron chi connectivity index (χ0n) is 19.9. The summed E-state index contributed by atoms with van der Waals surface area (Å²) in [5, 5.41) is 33.3. The standard InChI is InChI=1S/C27H45NO3/c1-15-4-7-25-27(3,31)21-6-5-17-18(20(21)14-28(25)13-15)11-22-19(17)12-24(30)23-10-16(29)8-9-26(22,23)2/h15-25,29-31H,4-14H2,1-3H3/t15-,16+,17+,18+,19-,20-,21-,22-,23+,24-,25+,26+,27-/m0/s1. The van der Waals surface area contributed by atoms with Crippen LogP contribution in [0, 0.1) is 52.8 Å². The van der Waals surface area contributed by atoms with Crippen molar-refractivity contribution in [1.82, 2.24) is 4.90 Å². The molecular formula is C27H45NO3. The first-order chi connectivity index (χ1) is 14.7. The van der Waals surface area contributed by atoms with Crippen molar-refractivity contribution in [2.75, 3.05) is 13.1 Å². The molecule has 4 heteroatoms. The van der Waals surface area contributed by atoms with Gasteiger partial charge in [-0.25, -0.2) is 0 Å². The van der Waals surface area contributed by atoms with Gasteiger partial charge in [-0.2, -0.15) is 0 Å². The Morgan fingerprint density at radius 1 is 0.742 bits per heavy atom. The summed E-state index contributed by atoms with van der Waals surface area (Å²) in [4.78, 5) is 2.68. The van der Waals surface area contributed by atoms with Crippen molar-refractivity contribution in [2.45, 2.75) is 102 Å². The SMILES string of the molecule is C[C@H]1CC[C@H]2N(C1)C[C@H]1[C@@H]3C[C@H]4[C@@H](C[C@H](O)[C@H]5C[C@H](O)CC[C@@]54C)[C@@H]3CC[C@@H]1[C@]2(C)O. The molecule has 6 fully saturated rings. The lowest BCUT2D eigenvalue weighted by atomic mass is 9.51. The number of hydrogen-bond acceptors (Lipinski definition) is 4. The molecule has 2 aliphatic heterocycles. The number of fused-ring (bicyclic) bond motifs is 8. The van der Waals surface area contributed by atoms with Crippen molar-refractivity contribution in [1.29, 1.82) is 0 Å². The molecule has 0 radical (unpaired) electrons.